The van der Waals surface area contributed by atoms with Crippen LogP contribution in [-0.4, -0.2) is 62.3 Å². The van der Waals surface area contributed by atoms with Crippen LogP contribution in [0.2, 0.25) is 0 Å². The van der Waals surface area contributed by atoms with E-state index in [1.807, 2.05) is 6.92 Å². The molecular formula is C26H32F4N6O2. The van der Waals surface area contributed by atoms with E-state index < -0.39 is 24.7 Å². The van der Waals surface area contributed by atoms with Crippen LogP contribution in [0.15, 0.2) is 48.6 Å². The second-order valence-corrected chi connectivity index (χ2v) is 9.39. The van der Waals surface area contributed by atoms with Crippen LogP contribution < -0.4 is 5.32 Å². The average molecular weight is 537 g/mol. The van der Waals surface area contributed by atoms with Gasteiger partial charge in [-0.05, 0) is 31.2 Å². The number of aliphatic imine (C=N–C) groups is 1. The number of aliphatic hydroxyl groups is 1. The van der Waals surface area contributed by atoms with Crippen molar-refractivity contribution in [2.75, 3.05) is 13.1 Å². The number of carbonyl (C=O) groups excluding carboxylic acids is 1. The highest BCUT2D eigenvalue weighted by Gasteiger charge is 2.38. The lowest BCUT2D eigenvalue weighted by Crippen LogP contribution is -2.38. The van der Waals surface area contributed by atoms with Gasteiger partial charge in [-0.3, -0.25) is 19.5 Å². The van der Waals surface area contributed by atoms with Crippen molar-refractivity contribution in [1.82, 2.24) is 25.0 Å². The Balaban J connectivity index is 2.03. The molecule has 12 heteroatoms. The SMILES string of the molecule is C=C/C=N/C=C(\N/C=C/F)c1nn(CC(F)(F)F)c2cc(C(=O)N(CC)CC3CC(C)C(C)C3O)ncc12. The van der Waals surface area contributed by atoms with Gasteiger partial charge in [0, 0.05) is 43.0 Å². The third-order valence-corrected chi connectivity index (χ3v) is 6.85. The Labute approximate surface area is 218 Å². The molecule has 8 nitrogen and oxygen atoms in total. The Morgan fingerprint density at radius 1 is 1.39 bits per heavy atom. The van der Waals surface area contributed by atoms with Crippen LogP contribution in [0, 0.1) is 17.8 Å². The summed E-state index contributed by atoms with van der Waals surface area (Å²) in [7, 11) is 0. The minimum atomic E-state index is -4.59. The lowest BCUT2D eigenvalue weighted by atomic mass is 9.99. The maximum absolute atomic E-state index is 13.4. The lowest BCUT2D eigenvalue weighted by molar-refractivity contribution is -0.141. The van der Waals surface area contributed by atoms with Gasteiger partial charge in [0.25, 0.3) is 5.91 Å². The van der Waals surface area contributed by atoms with Crippen molar-refractivity contribution >= 4 is 28.7 Å². The van der Waals surface area contributed by atoms with Crippen molar-refractivity contribution in [3.05, 3.63) is 55.0 Å². The summed E-state index contributed by atoms with van der Waals surface area (Å²) in [5.41, 5.74) is 0.131. The third-order valence-electron chi connectivity index (χ3n) is 6.85. The number of alkyl halides is 3. The highest BCUT2D eigenvalue weighted by Crippen LogP contribution is 2.37. The van der Waals surface area contributed by atoms with Crippen molar-refractivity contribution in [2.45, 2.75) is 46.0 Å². The molecule has 2 aromatic rings. The molecular weight excluding hydrogens is 504 g/mol. The maximum Gasteiger partial charge on any atom is 0.408 e. The van der Waals surface area contributed by atoms with E-state index in [1.54, 1.807) is 11.8 Å². The van der Waals surface area contributed by atoms with Crippen LogP contribution in [0.25, 0.3) is 16.6 Å². The fourth-order valence-corrected chi connectivity index (χ4v) is 4.72. The zero-order valence-corrected chi connectivity index (χ0v) is 21.5. The van der Waals surface area contributed by atoms with Gasteiger partial charge < -0.3 is 15.3 Å². The molecule has 4 atom stereocenters. The molecule has 4 unspecified atom stereocenters. The lowest BCUT2D eigenvalue weighted by Gasteiger charge is -2.26. The first-order valence-electron chi connectivity index (χ1n) is 12.3. The molecule has 0 saturated heterocycles. The number of halogens is 4. The third kappa shape index (κ3) is 6.66. The molecule has 0 bridgehead atoms. The number of carbonyl (C=O) groups is 1. The van der Waals surface area contributed by atoms with Gasteiger partial charge in [-0.1, -0.05) is 26.5 Å². The van der Waals surface area contributed by atoms with Crippen LogP contribution in [0.5, 0.6) is 0 Å². The van der Waals surface area contributed by atoms with Gasteiger partial charge in [0.15, 0.2) is 0 Å². The Hall–Kier alpha value is -3.54. The normalized spacial score (nSPS) is 22.6. The predicted molar refractivity (Wildman–Crippen MR) is 138 cm³/mol. The number of amides is 1. The van der Waals surface area contributed by atoms with Gasteiger partial charge in [0.2, 0.25) is 0 Å². The first-order valence-corrected chi connectivity index (χ1v) is 12.3. The molecule has 2 heterocycles. The largest absolute Gasteiger partial charge is 0.408 e. The number of hydrogen-bond acceptors (Lipinski definition) is 6. The summed E-state index contributed by atoms with van der Waals surface area (Å²) in [4.78, 5) is 23.1. The number of rotatable bonds is 10. The first kappa shape index (κ1) is 29.0. The van der Waals surface area contributed by atoms with Gasteiger partial charge in [0.05, 0.1) is 23.5 Å². The Morgan fingerprint density at radius 2 is 2.13 bits per heavy atom. The van der Waals surface area contributed by atoms with Crippen molar-refractivity contribution < 1.29 is 27.5 Å². The summed E-state index contributed by atoms with van der Waals surface area (Å²) in [6.45, 7) is 8.57. The number of pyridine rings is 1. The molecule has 1 fully saturated rings. The Morgan fingerprint density at radius 3 is 2.71 bits per heavy atom. The highest BCUT2D eigenvalue weighted by molar-refractivity contribution is 5.98. The molecule has 1 aliphatic carbocycles. The van der Waals surface area contributed by atoms with Crippen LogP contribution in [-0.2, 0) is 6.54 Å². The van der Waals surface area contributed by atoms with E-state index in [9.17, 15) is 27.5 Å². The van der Waals surface area contributed by atoms with E-state index in [0.717, 1.165) is 17.3 Å². The number of hydrogen-bond donors (Lipinski definition) is 2. The van der Waals surface area contributed by atoms with Crippen LogP contribution >= 0.6 is 0 Å². The molecule has 3 rings (SSSR count). The topological polar surface area (TPSA) is 95.6 Å². The van der Waals surface area contributed by atoms with Crippen LogP contribution in [0.4, 0.5) is 17.6 Å². The van der Waals surface area contributed by atoms with Gasteiger partial charge in [0.1, 0.15) is 24.3 Å². The molecule has 0 radical (unpaired) electrons. The van der Waals surface area contributed by atoms with E-state index in [1.165, 1.54) is 30.8 Å². The molecule has 2 aromatic heterocycles. The number of allylic oxidation sites excluding steroid dienone is 1. The second-order valence-electron chi connectivity index (χ2n) is 9.39. The van der Waals surface area contributed by atoms with E-state index >= 15 is 0 Å². The molecule has 1 amide bonds. The zero-order chi connectivity index (χ0) is 28.0. The molecule has 0 aromatic carbocycles. The summed E-state index contributed by atoms with van der Waals surface area (Å²) in [6, 6.07) is 1.27. The quantitative estimate of drug-likeness (QED) is 0.339. The smallest absolute Gasteiger partial charge is 0.392 e. The average Bonchev–Trinajstić information content (AvgIpc) is 3.34. The fourth-order valence-electron chi connectivity index (χ4n) is 4.72. The minimum absolute atomic E-state index is 0.0273. The fraction of sp³-hybridized carbons (Fsp3) is 0.462. The molecule has 1 aliphatic rings. The number of nitrogens with zero attached hydrogens (tertiary/aromatic N) is 5. The molecule has 2 N–H and O–H groups in total. The number of nitrogens with one attached hydrogen (secondary N) is 1. The maximum atomic E-state index is 13.4. The van der Waals surface area contributed by atoms with E-state index in [2.05, 4.69) is 33.9 Å². The number of aliphatic hydroxyl groups excluding tert-OH is 1. The molecule has 0 spiro atoms. The summed E-state index contributed by atoms with van der Waals surface area (Å²) in [6.07, 6.45) is 2.05. The highest BCUT2D eigenvalue weighted by atomic mass is 19.4. The molecule has 0 aliphatic heterocycles. The number of fused-ring (bicyclic) bond motifs is 1. The molecule has 38 heavy (non-hydrogen) atoms. The first-order chi connectivity index (χ1) is 18.0. The summed E-state index contributed by atoms with van der Waals surface area (Å²) >= 11 is 0. The van der Waals surface area contributed by atoms with Gasteiger partial charge in [-0.15, -0.1) is 0 Å². The number of aromatic nitrogens is 3. The van der Waals surface area contributed by atoms with Crippen molar-refractivity contribution in [2.24, 2.45) is 22.7 Å². The Bertz CT molecular complexity index is 1240. The van der Waals surface area contributed by atoms with Gasteiger partial charge in [-0.2, -0.15) is 18.3 Å². The minimum Gasteiger partial charge on any atom is -0.392 e. The predicted octanol–water partition coefficient (Wildman–Crippen LogP) is 4.69. The Kier molecular flexibility index (Phi) is 9.42. The van der Waals surface area contributed by atoms with Crippen molar-refractivity contribution in [3.8, 4) is 0 Å². The van der Waals surface area contributed by atoms with E-state index in [4.69, 9.17) is 0 Å². The van der Waals surface area contributed by atoms with Crippen LogP contribution in [0.3, 0.4) is 0 Å². The summed E-state index contributed by atoms with van der Waals surface area (Å²) < 4.78 is 53.6. The van der Waals surface area contributed by atoms with Gasteiger partial charge in [-0.25, -0.2) is 4.39 Å². The van der Waals surface area contributed by atoms with E-state index in [-0.39, 0.29) is 46.2 Å². The van der Waals surface area contributed by atoms with E-state index in [0.29, 0.717) is 19.0 Å². The zero-order valence-electron chi connectivity index (χ0n) is 21.5. The molecule has 1 saturated carbocycles. The monoisotopic (exact) mass is 536 g/mol. The van der Waals surface area contributed by atoms with Gasteiger partial charge >= 0.3 is 6.18 Å². The summed E-state index contributed by atoms with van der Waals surface area (Å²) in [5, 5.41) is 17.5. The second kappa shape index (κ2) is 12.3. The van der Waals surface area contributed by atoms with Crippen molar-refractivity contribution in [3.63, 3.8) is 0 Å². The van der Waals surface area contributed by atoms with Crippen molar-refractivity contribution in [1.29, 1.82) is 0 Å². The standard InChI is InChI=1S/C26H32F4N6O2/c1-5-8-31-13-21(32-9-7-27)23-19-12-33-20(11-22(19)36(34-23)15-26(28,29)30)25(38)35(6-2)14-18-10-16(3)17(4)24(18)37/h5,7-9,11-13,16-18,24,32,37H,1,6,10,14-15H2,2-4H3/b9-7+,21-13-,31-8+. The molecule has 206 valence electrons. The van der Waals surface area contributed by atoms with Crippen LogP contribution in [0.1, 0.15) is 43.4 Å². The summed E-state index contributed by atoms with van der Waals surface area (Å²) in [5.74, 6) is -0.141.